The third-order valence-corrected chi connectivity index (χ3v) is 5.91. The zero-order chi connectivity index (χ0) is 17.5. The van der Waals surface area contributed by atoms with Gasteiger partial charge in [-0.3, -0.25) is 4.79 Å². The van der Waals surface area contributed by atoms with E-state index in [1.54, 1.807) is 0 Å². The Hall–Kier alpha value is -2.43. The Labute approximate surface area is 154 Å². The summed E-state index contributed by atoms with van der Waals surface area (Å²) in [5.41, 5.74) is 2.69. The van der Waals surface area contributed by atoms with E-state index in [9.17, 15) is 4.79 Å². The summed E-state index contributed by atoms with van der Waals surface area (Å²) >= 11 is 0. The van der Waals surface area contributed by atoms with Crippen LogP contribution in [0.3, 0.4) is 0 Å². The van der Waals surface area contributed by atoms with Gasteiger partial charge >= 0.3 is 0 Å². The Morgan fingerprint density at radius 2 is 1.88 bits per heavy atom. The molecular weight excluding hydrogens is 324 g/mol. The molecule has 1 amide bonds. The maximum absolute atomic E-state index is 13.0. The first-order valence-corrected chi connectivity index (χ1v) is 9.71. The number of carbonyl (C=O) groups excluding carboxylic acids is 1. The van der Waals surface area contributed by atoms with Gasteiger partial charge in [0.15, 0.2) is 0 Å². The molecule has 2 aromatic rings. The van der Waals surface area contributed by atoms with Crippen LogP contribution < -0.4 is 4.90 Å². The molecule has 1 aliphatic carbocycles. The quantitative estimate of drug-likeness (QED) is 0.856. The maximum Gasteiger partial charge on any atom is 0.227 e. The van der Waals surface area contributed by atoms with Gasteiger partial charge in [-0.15, -0.1) is 0 Å². The largest absolute Gasteiger partial charge is 0.356 e. The molecule has 3 heterocycles. The van der Waals surface area contributed by atoms with Crippen LogP contribution in [0.2, 0.25) is 0 Å². The van der Waals surface area contributed by atoms with Gasteiger partial charge in [-0.25, -0.2) is 9.97 Å². The lowest BCUT2D eigenvalue weighted by Crippen LogP contribution is -2.40. The molecule has 5 nitrogen and oxygen atoms in total. The van der Waals surface area contributed by atoms with Gasteiger partial charge in [-0.1, -0.05) is 24.3 Å². The fraction of sp³-hybridized carbons (Fsp3) is 0.476. The molecule has 2 fully saturated rings. The van der Waals surface area contributed by atoms with Gasteiger partial charge in [0.2, 0.25) is 5.91 Å². The Bertz CT molecular complexity index is 832. The minimum Gasteiger partial charge on any atom is -0.356 e. The minimum absolute atomic E-state index is 0.0830. The van der Waals surface area contributed by atoms with Crippen LogP contribution in [-0.4, -0.2) is 40.4 Å². The molecule has 5 rings (SSSR count). The molecule has 2 aliphatic heterocycles. The number of rotatable bonds is 3. The van der Waals surface area contributed by atoms with E-state index >= 15 is 0 Å². The van der Waals surface area contributed by atoms with Crippen LogP contribution in [0.5, 0.6) is 0 Å². The molecule has 1 aromatic carbocycles. The number of anilines is 1. The number of carbonyl (C=O) groups is 1. The molecule has 1 saturated heterocycles. The number of aromatic nitrogens is 2. The lowest BCUT2D eigenvalue weighted by Gasteiger charge is -2.31. The van der Waals surface area contributed by atoms with Crippen LogP contribution in [0.4, 0.5) is 5.82 Å². The number of benzene rings is 1. The molecule has 1 atom stereocenters. The second-order valence-electron chi connectivity index (χ2n) is 7.76. The molecule has 5 heteroatoms. The predicted molar refractivity (Wildman–Crippen MR) is 99.9 cm³/mol. The standard InChI is InChI=1S/C21H24N4O/c26-21(25-12-8-15-3-1-2-4-17(15)13-25)18-9-11-24(14-18)19-7-10-22-20(23-19)16-5-6-16/h1-4,7,10,16,18H,5-6,8-9,11-14H2. The van der Waals surface area contributed by atoms with Gasteiger partial charge in [-0.2, -0.15) is 0 Å². The number of hydrogen-bond donors (Lipinski definition) is 0. The second-order valence-corrected chi connectivity index (χ2v) is 7.76. The van der Waals surface area contributed by atoms with Gasteiger partial charge in [-0.05, 0) is 42.9 Å². The topological polar surface area (TPSA) is 49.3 Å². The average molecular weight is 348 g/mol. The Morgan fingerprint density at radius 3 is 2.73 bits per heavy atom. The summed E-state index contributed by atoms with van der Waals surface area (Å²) in [7, 11) is 0. The SMILES string of the molecule is O=C(C1CCN(c2ccnc(C3CC3)n2)C1)N1CCc2ccccc2C1. The van der Waals surface area contributed by atoms with E-state index in [1.807, 2.05) is 17.2 Å². The summed E-state index contributed by atoms with van der Waals surface area (Å²) in [6.07, 6.45) is 6.17. The summed E-state index contributed by atoms with van der Waals surface area (Å²) in [5.74, 6) is 2.91. The smallest absolute Gasteiger partial charge is 0.227 e. The summed E-state index contributed by atoms with van der Waals surface area (Å²) in [5, 5.41) is 0. The Kier molecular flexibility index (Phi) is 3.88. The first kappa shape index (κ1) is 15.8. The van der Waals surface area contributed by atoms with Crippen molar-refractivity contribution in [3.63, 3.8) is 0 Å². The lowest BCUT2D eigenvalue weighted by molar-refractivity contribution is -0.135. The van der Waals surface area contributed by atoms with Crippen LogP contribution in [0.25, 0.3) is 0 Å². The zero-order valence-electron chi connectivity index (χ0n) is 15.0. The highest BCUT2D eigenvalue weighted by Gasteiger charge is 2.34. The van der Waals surface area contributed by atoms with Crippen LogP contribution in [-0.2, 0) is 17.8 Å². The van der Waals surface area contributed by atoms with Gasteiger partial charge in [0, 0.05) is 38.3 Å². The van der Waals surface area contributed by atoms with Crippen molar-refractivity contribution in [3.8, 4) is 0 Å². The number of fused-ring (bicyclic) bond motifs is 1. The first-order chi connectivity index (χ1) is 12.8. The van der Waals surface area contributed by atoms with E-state index in [4.69, 9.17) is 4.98 Å². The Morgan fingerprint density at radius 1 is 1.04 bits per heavy atom. The van der Waals surface area contributed by atoms with E-state index in [1.165, 1.54) is 24.0 Å². The summed E-state index contributed by atoms with van der Waals surface area (Å²) < 4.78 is 0. The Balaban J connectivity index is 1.26. The van der Waals surface area contributed by atoms with Crippen LogP contribution in [0, 0.1) is 5.92 Å². The van der Waals surface area contributed by atoms with Gasteiger partial charge in [0.05, 0.1) is 5.92 Å². The molecule has 0 spiro atoms. The predicted octanol–water partition coefficient (Wildman–Crippen LogP) is 2.77. The first-order valence-electron chi connectivity index (χ1n) is 9.71. The lowest BCUT2D eigenvalue weighted by atomic mass is 9.98. The van der Waals surface area contributed by atoms with Crippen LogP contribution >= 0.6 is 0 Å². The molecule has 134 valence electrons. The van der Waals surface area contributed by atoms with Gasteiger partial charge in [0.25, 0.3) is 0 Å². The zero-order valence-corrected chi connectivity index (χ0v) is 15.0. The van der Waals surface area contributed by atoms with Crippen molar-refractivity contribution in [1.29, 1.82) is 0 Å². The molecule has 1 unspecified atom stereocenters. The number of nitrogens with zero attached hydrogens (tertiary/aromatic N) is 4. The van der Waals surface area contributed by atoms with Crippen molar-refractivity contribution < 1.29 is 4.79 Å². The normalized spacial score (nSPS) is 22.4. The highest BCUT2D eigenvalue weighted by atomic mass is 16.2. The summed E-state index contributed by atoms with van der Waals surface area (Å²) in [6.45, 7) is 3.27. The number of amides is 1. The molecule has 1 saturated carbocycles. The monoisotopic (exact) mass is 348 g/mol. The third-order valence-electron chi connectivity index (χ3n) is 5.91. The van der Waals surface area contributed by atoms with E-state index in [0.29, 0.717) is 11.8 Å². The van der Waals surface area contributed by atoms with Crippen molar-refractivity contribution in [1.82, 2.24) is 14.9 Å². The van der Waals surface area contributed by atoms with Crippen molar-refractivity contribution in [3.05, 3.63) is 53.5 Å². The minimum atomic E-state index is 0.0830. The van der Waals surface area contributed by atoms with Crippen molar-refractivity contribution in [2.24, 2.45) is 5.92 Å². The van der Waals surface area contributed by atoms with Crippen LogP contribution in [0.1, 0.15) is 42.1 Å². The molecule has 1 aromatic heterocycles. The maximum atomic E-state index is 13.0. The average Bonchev–Trinajstić information content (AvgIpc) is 3.44. The van der Waals surface area contributed by atoms with Gasteiger partial charge in [0.1, 0.15) is 11.6 Å². The van der Waals surface area contributed by atoms with E-state index in [2.05, 4.69) is 34.1 Å². The summed E-state index contributed by atoms with van der Waals surface area (Å²) in [6, 6.07) is 10.5. The molecule has 0 N–H and O–H groups in total. The molecule has 0 bridgehead atoms. The number of hydrogen-bond acceptors (Lipinski definition) is 4. The highest BCUT2D eigenvalue weighted by molar-refractivity contribution is 5.80. The molecular formula is C21H24N4O. The van der Waals surface area contributed by atoms with Crippen molar-refractivity contribution in [2.75, 3.05) is 24.5 Å². The molecule has 3 aliphatic rings. The highest BCUT2D eigenvalue weighted by Crippen LogP contribution is 2.38. The van der Waals surface area contributed by atoms with Gasteiger partial charge < -0.3 is 9.80 Å². The van der Waals surface area contributed by atoms with E-state index < -0.39 is 0 Å². The molecule has 0 radical (unpaired) electrons. The van der Waals surface area contributed by atoms with Crippen LogP contribution in [0.15, 0.2) is 36.5 Å². The fourth-order valence-corrected chi connectivity index (χ4v) is 4.19. The summed E-state index contributed by atoms with van der Waals surface area (Å²) in [4.78, 5) is 26.5. The third kappa shape index (κ3) is 2.96. The van der Waals surface area contributed by atoms with E-state index in [0.717, 1.165) is 50.7 Å². The van der Waals surface area contributed by atoms with E-state index in [-0.39, 0.29) is 5.92 Å². The van der Waals surface area contributed by atoms with Crippen molar-refractivity contribution >= 4 is 11.7 Å². The second kappa shape index (κ2) is 6.38. The fourth-order valence-electron chi connectivity index (χ4n) is 4.19. The van der Waals surface area contributed by atoms with Crippen molar-refractivity contribution in [2.45, 2.75) is 38.1 Å². The molecule has 26 heavy (non-hydrogen) atoms.